The van der Waals surface area contributed by atoms with Gasteiger partial charge in [-0.3, -0.25) is 9.48 Å². The van der Waals surface area contributed by atoms with Gasteiger partial charge in [-0.05, 0) is 49.8 Å². The van der Waals surface area contributed by atoms with Gasteiger partial charge in [0.15, 0.2) is 0 Å². The van der Waals surface area contributed by atoms with Crippen molar-refractivity contribution in [3.63, 3.8) is 0 Å². The Bertz CT molecular complexity index is 1090. The second kappa shape index (κ2) is 10.9. The van der Waals surface area contributed by atoms with Gasteiger partial charge in [0.05, 0.1) is 18.7 Å². The first kappa shape index (κ1) is 23.4. The Morgan fingerprint density at radius 3 is 2.62 bits per heavy atom. The number of aromatic nitrogens is 2. The summed E-state index contributed by atoms with van der Waals surface area (Å²) in [5.74, 6) is 1.39. The van der Waals surface area contributed by atoms with Crippen LogP contribution in [0.15, 0.2) is 54.7 Å². The minimum absolute atomic E-state index is 0.139. The SMILES string of the molecule is CCn1cc(Cl)c(CN(C)C(=O)/C=C/c2ccc(OC)c(COc3ccc(C)cc3)c2)n1. The van der Waals surface area contributed by atoms with E-state index < -0.39 is 0 Å². The van der Waals surface area contributed by atoms with Crippen LogP contribution in [-0.2, 0) is 24.5 Å². The number of nitrogens with zero attached hydrogens (tertiary/aromatic N) is 3. The second-order valence-corrected chi connectivity index (χ2v) is 7.89. The molecule has 0 N–H and O–H groups in total. The van der Waals surface area contributed by atoms with E-state index in [1.165, 1.54) is 11.6 Å². The van der Waals surface area contributed by atoms with Gasteiger partial charge in [0.1, 0.15) is 23.8 Å². The maximum atomic E-state index is 12.6. The third-order valence-corrected chi connectivity index (χ3v) is 5.33. The number of rotatable bonds is 9. The first-order valence-corrected chi connectivity index (χ1v) is 10.8. The van der Waals surface area contributed by atoms with Gasteiger partial charge < -0.3 is 14.4 Å². The van der Waals surface area contributed by atoms with Gasteiger partial charge in [-0.15, -0.1) is 0 Å². The topological polar surface area (TPSA) is 56.6 Å². The molecule has 0 unspecified atom stereocenters. The molecule has 1 amide bonds. The Morgan fingerprint density at radius 2 is 1.97 bits per heavy atom. The highest BCUT2D eigenvalue weighted by Gasteiger charge is 2.12. The molecule has 3 rings (SSSR count). The zero-order chi connectivity index (χ0) is 23.1. The molecular weight excluding hydrogens is 426 g/mol. The number of ether oxygens (including phenoxy) is 2. The van der Waals surface area contributed by atoms with E-state index in [4.69, 9.17) is 21.1 Å². The average Bonchev–Trinajstić information content (AvgIpc) is 3.16. The molecule has 0 saturated carbocycles. The second-order valence-electron chi connectivity index (χ2n) is 7.48. The number of hydrogen-bond donors (Lipinski definition) is 0. The molecular formula is C25H28ClN3O3. The van der Waals surface area contributed by atoms with Crippen LogP contribution in [-0.4, -0.2) is 34.7 Å². The molecule has 7 heteroatoms. The van der Waals surface area contributed by atoms with Crippen molar-refractivity contribution >= 4 is 23.6 Å². The van der Waals surface area contributed by atoms with Crippen molar-refractivity contribution in [3.8, 4) is 11.5 Å². The maximum absolute atomic E-state index is 12.6. The number of benzene rings is 2. The van der Waals surface area contributed by atoms with Crippen molar-refractivity contribution in [2.75, 3.05) is 14.2 Å². The van der Waals surface area contributed by atoms with Gasteiger partial charge >= 0.3 is 0 Å². The van der Waals surface area contributed by atoms with E-state index in [9.17, 15) is 4.79 Å². The molecule has 0 bridgehead atoms. The summed E-state index contributed by atoms with van der Waals surface area (Å²) in [7, 11) is 3.35. The van der Waals surface area contributed by atoms with Crippen LogP contribution in [0, 0.1) is 6.92 Å². The molecule has 3 aromatic rings. The van der Waals surface area contributed by atoms with Gasteiger partial charge in [-0.2, -0.15) is 5.10 Å². The van der Waals surface area contributed by atoms with Crippen LogP contribution >= 0.6 is 11.6 Å². The largest absolute Gasteiger partial charge is 0.496 e. The van der Waals surface area contributed by atoms with Crippen molar-refractivity contribution in [1.29, 1.82) is 0 Å². The molecule has 0 aliphatic heterocycles. The van der Waals surface area contributed by atoms with Crippen LogP contribution < -0.4 is 9.47 Å². The zero-order valence-electron chi connectivity index (χ0n) is 18.8. The van der Waals surface area contributed by atoms with Crippen LogP contribution in [0.4, 0.5) is 0 Å². The van der Waals surface area contributed by atoms with E-state index in [-0.39, 0.29) is 5.91 Å². The van der Waals surface area contributed by atoms with Gasteiger partial charge in [0.25, 0.3) is 0 Å². The highest BCUT2D eigenvalue weighted by Crippen LogP contribution is 2.23. The Labute approximate surface area is 194 Å². The zero-order valence-corrected chi connectivity index (χ0v) is 19.6. The summed E-state index contributed by atoms with van der Waals surface area (Å²) in [4.78, 5) is 14.1. The Kier molecular flexibility index (Phi) is 7.95. The number of methoxy groups -OCH3 is 1. The molecule has 0 aliphatic carbocycles. The number of halogens is 1. The van der Waals surface area contributed by atoms with Gasteiger partial charge in [-0.25, -0.2) is 0 Å². The average molecular weight is 454 g/mol. The smallest absolute Gasteiger partial charge is 0.246 e. The Morgan fingerprint density at radius 1 is 1.22 bits per heavy atom. The number of hydrogen-bond acceptors (Lipinski definition) is 4. The minimum Gasteiger partial charge on any atom is -0.496 e. The van der Waals surface area contributed by atoms with E-state index in [1.54, 1.807) is 36.0 Å². The molecule has 6 nitrogen and oxygen atoms in total. The van der Waals surface area contributed by atoms with E-state index in [0.717, 1.165) is 29.2 Å². The number of carbonyl (C=O) groups is 1. The minimum atomic E-state index is -0.139. The number of amides is 1. The summed E-state index contributed by atoms with van der Waals surface area (Å²) >= 11 is 6.21. The lowest BCUT2D eigenvalue weighted by Crippen LogP contribution is -2.24. The summed E-state index contributed by atoms with van der Waals surface area (Å²) in [6.07, 6.45) is 5.08. The fourth-order valence-electron chi connectivity index (χ4n) is 3.11. The summed E-state index contributed by atoms with van der Waals surface area (Å²) < 4.78 is 13.1. The number of likely N-dealkylation sites (N-methyl/N-ethyl adjacent to an activating group) is 1. The van der Waals surface area contributed by atoms with Crippen molar-refractivity contribution in [2.24, 2.45) is 0 Å². The maximum Gasteiger partial charge on any atom is 0.246 e. The van der Waals surface area contributed by atoms with Gasteiger partial charge in [0.2, 0.25) is 5.91 Å². The van der Waals surface area contributed by atoms with Gasteiger partial charge in [0, 0.05) is 31.4 Å². The highest BCUT2D eigenvalue weighted by molar-refractivity contribution is 6.31. The van der Waals surface area contributed by atoms with Gasteiger partial charge in [-0.1, -0.05) is 35.4 Å². The van der Waals surface area contributed by atoms with E-state index in [0.29, 0.717) is 23.9 Å². The van der Waals surface area contributed by atoms with Crippen molar-refractivity contribution in [1.82, 2.24) is 14.7 Å². The highest BCUT2D eigenvalue weighted by atomic mass is 35.5. The summed E-state index contributed by atoms with van der Waals surface area (Å²) in [6.45, 7) is 5.45. The molecule has 1 heterocycles. The predicted molar refractivity (Wildman–Crippen MR) is 127 cm³/mol. The van der Waals surface area contributed by atoms with Crippen LogP contribution in [0.25, 0.3) is 6.08 Å². The molecule has 0 radical (unpaired) electrons. The third-order valence-electron chi connectivity index (χ3n) is 5.01. The van der Waals surface area contributed by atoms with Crippen LogP contribution in [0.3, 0.4) is 0 Å². The first-order chi connectivity index (χ1) is 15.4. The third kappa shape index (κ3) is 6.14. The fraction of sp³-hybridized carbons (Fsp3) is 0.280. The summed E-state index contributed by atoms with van der Waals surface area (Å²) in [5, 5.41) is 4.95. The lowest BCUT2D eigenvalue weighted by molar-refractivity contribution is -0.125. The molecule has 0 spiro atoms. The Hall–Kier alpha value is -3.25. The monoisotopic (exact) mass is 453 g/mol. The molecule has 0 fully saturated rings. The normalized spacial score (nSPS) is 11.0. The van der Waals surface area contributed by atoms with Crippen molar-refractivity contribution < 1.29 is 14.3 Å². The predicted octanol–water partition coefficient (Wildman–Crippen LogP) is 5.12. The van der Waals surface area contributed by atoms with Crippen molar-refractivity contribution in [2.45, 2.75) is 33.5 Å². The molecule has 168 valence electrons. The lowest BCUT2D eigenvalue weighted by Gasteiger charge is -2.14. The summed E-state index contributed by atoms with van der Waals surface area (Å²) in [5.41, 5.74) is 3.63. The number of carbonyl (C=O) groups excluding carboxylic acids is 1. The fourth-order valence-corrected chi connectivity index (χ4v) is 3.32. The molecule has 0 atom stereocenters. The molecule has 2 aromatic carbocycles. The van der Waals surface area contributed by atoms with E-state index in [1.807, 2.05) is 56.3 Å². The Balaban J connectivity index is 1.66. The van der Waals surface area contributed by atoms with Crippen molar-refractivity contribution in [3.05, 3.63) is 82.1 Å². The summed E-state index contributed by atoms with van der Waals surface area (Å²) in [6, 6.07) is 13.6. The van der Waals surface area contributed by atoms with Crippen LogP contribution in [0.2, 0.25) is 5.02 Å². The quantitative estimate of drug-likeness (QED) is 0.422. The lowest BCUT2D eigenvalue weighted by atomic mass is 10.1. The van der Waals surface area contributed by atoms with Crippen LogP contribution in [0.1, 0.15) is 29.3 Å². The van der Waals surface area contributed by atoms with E-state index in [2.05, 4.69) is 5.10 Å². The number of aryl methyl sites for hydroxylation is 2. The standard InChI is InChI=1S/C25H28ClN3O3/c1-5-29-15-22(26)23(27-29)16-28(3)25(30)13-9-19-8-12-24(31-4)20(14-19)17-32-21-10-6-18(2)7-11-21/h6-15H,5,16-17H2,1-4H3/b13-9+. The molecule has 0 saturated heterocycles. The van der Waals surface area contributed by atoms with E-state index >= 15 is 0 Å². The molecule has 1 aromatic heterocycles. The molecule has 0 aliphatic rings. The van der Waals surface area contributed by atoms with Crippen LogP contribution in [0.5, 0.6) is 11.5 Å². The first-order valence-electron chi connectivity index (χ1n) is 10.4. The molecule has 32 heavy (non-hydrogen) atoms.